The lowest BCUT2D eigenvalue weighted by Crippen LogP contribution is -2.29. The van der Waals surface area contributed by atoms with Gasteiger partial charge >= 0.3 is 0 Å². The van der Waals surface area contributed by atoms with Gasteiger partial charge in [-0.25, -0.2) is 23.4 Å². The van der Waals surface area contributed by atoms with E-state index in [1.54, 1.807) is 22.5 Å². The summed E-state index contributed by atoms with van der Waals surface area (Å²) in [5, 5.41) is 23.5. The van der Waals surface area contributed by atoms with Crippen LogP contribution in [-0.4, -0.2) is 66.0 Å². The second-order valence-electron chi connectivity index (χ2n) is 10.1. The van der Waals surface area contributed by atoms with E-state index in [0.717, 1.165) is 30.2 Å². The van der Waals surface area contributed by atoms with Crippen LogP contribution in [-0.2, 0) is 9.47 Å². The molecular formula is C24H28F2N6O3S. The zero-order valence-corrected chi connectivity index (χ0v) is 21.0. The Morgan fingerprint density at radius 1 is 1.17 bits per heavy atom. The molecule has 3 aromatic rings. The molecule has 0 bridgehead atoms. The normalized spacial score (nSPS) is 30.6. The van der Waals surface area contributed by atoms with Gasteiger partial charge in [0.05, 0.1) is 12.1 Å². The van der Waals surface area contributed by atoms with Crippen LogP contribution in [0.4, 0.5) is 14.6 Å². The Morgan fingerprint density at radius 2 is 1.97 bits per heavy atom. The number of nitrogens with one attached hydrogen (secondary N) is 1. The average molecular weight is 519 g/mol. The number of rotatable bonds is 7. The number of hydrogen-bond donors (Lipinski definition) is 2. The van der Waals surface area contributed by atoms with Crippen molar-refractivity contribution >= 4 is 28.7 Å². The van der Waals surface area contributed by atoms with E-state index in [9.17, 15) is 13.9 Å². The third-order valence-electron chi connectivity index (χ3n) is 6.94. The lowest BCUT2D eigenvalue weighted by atomic mass is 10.1. The van der Waals surface area contributed by atoms with Crippen LogP contribution in [0.2, 0.25) is 0 Å². The van der Waals surface area contributed by atoms with Crippen molar-refractivity contribution in [3.63, 3.8) is 0 Å². The Kier molecular flexibility index (Phi) is 5.90. The monoisotopic (exact) mass is 518 g/mol. The van der Waals surface area contributed by atoms with Gasteiger partial charge in [-0.3, -0.25) is 0 Å². The number of benzene rings is 1. The highest BCUT2D eigenvalue weighted by atomic mass is 32.2. The van der Waals surface area contributed by atoms with Gasteiger partial charge in [0.15, 0.2) is 39.6 Å². The molecule has 2 saturated carbocycles. The number of nitrogens with zero attached hydrogens (tertiary/aromatic N) is 5. The van der Waals surface area contributed by atoms with Crippen molar-refractivity contribution in [3.8, 4) is 0 Å². The zero-order valence-electron chi connectivity index (χ0n) is 20.2. The van der Waals surface area contributed by atoms with E-state index in [1.807, 2.05) is 13.8 Å². The third kappa shape index (κ3) is 4.23. The number of halogens is 2. The highest BCUT2D eigenvalue weighted by Gasteiger charge is 2.55. The van der Waals surface area contributed by atoms with Gasteiger partial charge in [-0.05, 0) is 44.4 Å². The van der Waals surface area contributed by atoms with Crippen molar-refractivity contribution in [1.82, 2.24) is 25.0 Å². The van der Waals surface area contributed by atoms with Gasteiger partial charge in [-0.2, -0.15) is 0 Å². The molecule has 1 aromatic carbocycles. The van der Waals surface area contributed by atoms with Crippen molar-refractivity contribution in [3.05, 3.63) is 35.4 Å². The fraction of sp³-hybridized carbons (Fsp3) is 0.583. The first-order valence-electron chi connectivity index (χ1n) is 12.2. The summed E-state index contributed by atoms with van der Waals surface area (Å²) in [6.07, 6.45) is 0.639. The van der Waals surface area contributed by atoms with Crippen LogP contribution in [0, 0.1) is 11.6 Å². The van der Waals surface area contributed by atoms with Gasteiger partial charge in [0.1, 0.15) is 12.2 Å². The number of anilines is 1. The van der Waals surface area contributed by atoms with E-state index in [2.05, 4.69) is 22.6 Å². The molecule has 6 atom stereocenters. The molecular weight excluding hydrogens is 490 g/mol. The van der Waals surface area contributed by atoms with Gasteiger partial charge in [-0.1, -0.05) is 30.0 Å². The van der Waals surface area contributed by atoms with Crippen molar-refractivity contribution in [2.75, 3.05) is 11.1 Å². The number of hydrogen-bond acceptors (Lipinski definition) is 9. The fourth-order valence-electron chi connectivity index (χ4n) is 5.20. The van der Waals surface area contributed by atoms with Gasteiger partial charge in [0.2, 0.25) is 0 Å². The molecule has 3 heterocycles. The second kappa shape index (κ2) is 8.86. The standard InChI is InChI=1S/C24H28F2N6O3S/c1-4-7-36-23-28-21(27-15-9-12(15)11-5-6-13(25)14(26)8-11)18-22(29-23)32(31-30-18)16-10-17(33)20-19(16)34-24(2,3)35-20/h5-6,8,12,15-17,19-20,33H,4,7,9-10H2,1-3H3,(H,27,28,29)/t12-,15+,16+,17+,19-,20+/m0/s1. The lowest BCUT2D eigenvalue weighted by molar-refractivity contribution is -0.165. The number of aromatic nitrogens is 5. The smallest absolute Gasteiger partial charge is 0.191 e. The Labute approximate surface area is 211 Å². The first-order valence-corrected chi connectivity index (χ1v) is 13.2. The van der Waals surface area contributed by atoms with E-state index in [1.165, 1.54) is 6.07 Å². The summed E-state index contributed by atoms with van der Waals surface area (Å²) in [6, 6.07) is 3.74. The summed E-state index contributed by atoms with van der Waals surface area (Å²) in [5.74, 6) is -1.04. The summed E-state index contributed by atoms with van der Waals surface area (Å²) in [5.41, 5.74) is 1.82. The molecule has 0 unspecified atom stereocenters. The lowest BCUT2D eigenvalue weighted by Gasteiger charge is -2.22. The van der Waals surface area contributed by atoms with Gasteiger partial charge in [0, 0.05) is 24.1 Å². The zero-order chi connectivity index (χ0) is 25.2. The van der Waals surface area contributed by atoms with Gasteiger partial charge in [0.25, 0.3) is 0 Å². The number of thioether (sulfide) groups is 1. The maximum Gasteiger partial charge on any atom is 0.191 e. The second-order valence-corrected chi connectivity index (χ2v) is 11.2. The van der Waals surface area contributed by atoms with E-state index in [-0.39, 0.29) is 24.1 Å². The summed E-state index contributed by atoms with van der Waals surface area (Å²) >= 11 is 1.54. The van der Waals surface area contributed by atoms with Crippen LogP contribution >= 0.6 is 11.8 Å². The molecule has 0 spiro atoms. The van der Waals surface area contributed by atoms with Crippen molar-refractivity contribution in [1.29, 1.82) is 0 Å². The third-order valence-corrected chi connectivity index (χ3v) is 8.00. The number of aliphatic hydroxyl groups excluding tert-OH is 1. The summed E-state index contributed by atoms with van der Waals surface area (Å²) < 4.78 is 40.9. The maximum absolute atomic E-state index is 13.7. The molecule has 1 aliphatic heterocycles. The minimum atomic E-state index is -0.852. The first-order chi connectivity index (χ1) is 17.2. The highest BCUT2D eigenvalue weighted by molar-refractivity contribution is 7.99. The summed E-state index contributed by atoms with van der Waals surface area (Å²) in [4.78, 5) is 9.47. The maximum atomic E-state index is 13.7. The molecule has 2 N–H and O–H groups in total. The minimum Gasteiger partial charge on any atom is -0.390 e. The van der Waals surface area contributed by atoms with Crippen LogP contribution in [0.3, 0.4) is 0 Å². The van der Waals surface area contributed by atoms with Gasteiger partial charge < -0.3 is 19.9 Å². The molecule has 192 valence electrons. The van der Waals surface area contributed by atoms with Crippen LogP contribution in [0.15, 0.2) is 23.4 Å². The summed E-state index contributed by atoms with van der Waals surface area (Å²) in [7, 11) is 0. The minimum absolute atomic E-state index is 0.00665. The Morgan fingerprint density at radius 3 is 2.75 bits per heavy atom. The molecule has 12 heteroatoms. The first kappa shape index (κ1) is 24.0. The predicted octanol–water partition coefficient (Wildman–Crippen LogP) is 3.80. The van der Waals surface area contributed by atoms with Crippen LogP contribution in [0.1, 0.15) is 57.6 Å². The number of fused-ring (bicyclic) bond motifs is 2. The van der Waals surface area contributed by atoms with Crippen molar-refractivity contribution in [2.45, 2.75) is 87.3 Å². The van der Waals surface area contributed by atoms with Crippen LogP contribution in [0.25, 0.3) is 11.2 Å². The molecule has 36 heavy (non-hydrogen) atoms. The number of ether oxygens (including phenoxy) is 2. The molecule has 0 amide bonds. The molecule has 9 nitrogen and oxygen atoms in total. The molecule has 6 rings (SSSR count). The van der Waals surface area contributed by atoms with Gasteiger partial charge in [-0.15, -0.1) is 5.10 Å². The largest absolute Gasteiger partial charge is 0.390 e. The molecule has 1 saturated heterocycles. The quantitative estimate of drug-likeness (QED) is 0.357. The Hall–Kier alpha value is -2.41. The van der Waals surface area contributed by atoms with E-state index >= 15 is 0 Å². The molecule has 2 aromatic heterocycles. The van der Waals surface area contributed by atoms with Crippen LogP contribution in [0.5, 0.6) is 0 Å². The van der Waals surface area contributed by atoms with Crippen molar-refractivity contribution < 1.29 is 23.4 Å². The Bertz CT molecular complexity index is 1310. The molecule has 3 aliphatic rings. The van der Waals surface area contributed by atoms with E-state index in [4.69, 9.17) is 19.4 Å². The topological polar surface area (TPSA) is 107 Å². The van der Waals surface area contributed by atoms with E-state index in [0.29, 0.717) is 28.6 Å². The SMILES string of the molecule is CCCSc1nc(N[C@@H]2C[C@H]2c2ccc(F)c(F)c2)c2nnn([C@@H]3C[C@@H](O)[C@H]4OC(C)(C)O[C@H]43)c2n1. The molecule has 3 fully saturated rings. The van der Waals surface area contributed by atoms with Crippen LogP contribution < -0.4 is 5.32 Å². The van der Waals surface area contributed by atoms with E-state index < -0.39 is 29.6 Å². The predicted molar refractivity (Wildman–Crippen MR) is 129 cm³/mol. The van der Waals surface area contributed by atoms with Crippen molar-refractivity contribution in [2.24, 2.45) is 0 Å². The Balaban J connectivity index is 1.32. The number of aliphatic hydroxyl groups is 1. The summed E-state index contributed by atoms with van der Waals surface area (Å²) in [6.45, 7) is 5.75. The average Bonchev–Trinajstić information content (AvgIpc) is 3.19. The molecule has 2 aliphatic carbocycles. The fourth-order valence-corrected chi connectivity index (χ4v) is 5.89. The molecule has 0 radical (unpaired) electrons. The highest BCUT2D eigenvalue weighted by Crippen LogP contribution is 2.46.